The minimum absolute atomic E-state index is 0.113. The van der Waals surface area contributed by atoms with Crippen molar-refractivity contribution in [1.29, 1.82) is 0 Å². The summed E-state index contributed by atoms with van der Waals surface area (Å²) in [5.74, 6) is 0.804. The molecule has 0 radical (unpaired) electrons. The number of amides is 1. The molecular weight excluding hydrogens is 309 g/mol. The lowest BCUT2D eigenvalue weighted by atomic mass is 10.1. The lowest BCUT2D eigenvalue weighted by molar-refractivity contribution is -0.115. The van der Waals surface area contributed by atoms with Gasteiger partial charge in [-0.3, -0.25) is 4.79 Å². The van der Waals surface area contributed by atoms with Crippen molar-refractivity contribution in [2.45, 2.75) is 12.8 Å². The fraction of sp³-hybridized carbons (Fsp3) is 0.188. The van der Waals surface area contributed by atoms with Gasteiger partial charge in [-0.2, -0.15) is 0 Å². The molecule has 1 N–H and O–H groups in total. The molecule has 0 atom stereocenters. The number of hydrogen-bond donors (Lipinski definition) is 1. The molecule has 3 rings (SSSR count). The first kappa shape index (κ1) is 14.2. The molecule has 1 aliphatic heterocycles. The number of anilines is 1. The Bertz CT molecular complexity index is 701. The van der Waals surface area contributed by atoms with Crippen LogP contribution in [-0.2, 0) is 17.6 Å². The van der Waals surface area contributed by atoms with Crippen LogP contribution < -0.4 is 10.1 Å². The second-order valence-corrected chi connectivity index (χ2v) is 5.73. The van der Waals surface area contributed by atoms with Gasteiger partial charge in [-0.1, -0.05) is 35.3 Å². The number of hydrogen-bond acceptors (Lipinski definition) is 2. The predicted molar refractivity (Wildman–Crippen MR) is 84.4 cm³/mol. The minimum atomic E-state index is -0.113. The van der Waals surface area contributed by atoms with E-state index in [1.54, 1.807) is 18.2 Å². The molecule has 2 aromatic rings. The standard InChI is InChI=1S/C16H13Cl2NO2/c17-12-2-3-14(13(18)9-12)19-16(20)8-10-1-4-15-11(7-10)5-6-21-15/h1-4,7,9H,5-6,8H2,(H,19,20). The fourth-order valence-corrected chi connectivity index (χ4v) is 2.78. The van der Waals surface area contributed by atoms with Crippen LogP contribution in [-0.4, -0.2) is 12.5 Å². The van der Waals surface area contributed by atoms with Crippen LogP contribution >= 0.6 is 23.2 Å². The Hall–Kier alpha value is -1.71. The molecule has 21 heavy (non-hydrogen) atoms. The lowest BCUT2D eigenvalue weighted by Gasteiger charge is -2.08. The summed E-state index contributed by atoms with van der Waals surface area (Å²) in [4.78, 5) is 12.1. The van der Waals surface area contributed by atoms with Crippen molar-refractivity contribution in [3.63, 3.8) is 0 Å². The highest BCUT2D eigenvalue weighted by Crippen LogP contribution is 2.27. The van der Waals surface area contributed by atoms with E-state index in [9.17, 15) is 4.79 Å². The molecule has 1 aliphatic rings. The maximum Gasteiger partial charge on any atom is 0.228 e. The molecule has 0 saturated heterocycles. The van der Waals surface area contributed by atoms with Crippen molar-refractivity contribution in [3.05, 3.63) is 57.6 Å². The van der Waals surface area contributed by atoms with E-state index in [0.29, 0.717) is 28.8 Å². The topological polar surface area (TPSA) is 38.3 Å². The Kier molecular flexibility index (Phi) is 4.04. The zero-order valence-corrected chi connectivity index (χ0v) is 12.7. The highest BCUT2D eigenvalue weighted by Gasteiger charge is 2.14. The van der Waals surface area contributed by atoms with Crippen LogP contribution in [0.15, 0.2) is 36.4 Å². The molecule has 1 heterocycles. The van der Waals surface area contributed by atoms with Crippen molar-refractivity contribution >= 4 is 34.8 Å². The fourth-order valence-electron chi connectivity index (χ4n) is 2.32. The number of halogens is 2. The summed E-state index contributed by atoms with van der Waals surface area (Å²) in [6.07, 6.45) is 1.19. The first-order valence-electron chi connectivity index (χ1n) is 6.61. The maximum absolute atomic E-state index is 12.1. The third-order valence-electron chi connectivity index (χ3n) is 3.32. The third-order valence-corrected chi connectivity index (χ3v) is 3.87. The number of carbonyl (C=O) groups is 1. The molecule has 2 aromatic carbocycles. The summed E-state index contributed by atoms with van der Waals surface area (Å²) in [6.45, 7) is 0.714. The highest BCUT2D eigenvalue weighted by atomic mass is 35.5. The van der Waals surface area contributed by atoms with Crippen molar-refractivity contribution in [3.8, 4) is 5.75 Å². The van der Waals surface area contributed by atoms with E-state index in [2.05, 4.69) is 5.32 Å². The maximum atomic E-state index is 12.1. The number of benzene rings is 2. The normalized spacial score (nSPS) is 12.7. The monoisotopic (exact) mass is 321 g/mol. The average Bonchev–Trinajstić information content (AvgIpc) is 2.89. The highest BCUT2D eigenvalue weighted by molar-refractivity contribution is 6.36. The van der Waals surface area contributed by atoms with Gasteiger partial charge in [0.15, 0.2) is 0 Å². The summed E-state index contributed by atoms with van der Waals surface area (Å²) in [6, 6.07) is 10.8. The Morgan fingerprint density at radius 2 is 2.05 bits per heavy atom. The summed E-state index contributed by atoms with van der Waals surface area (Å²) >= 11 is 11.9. The third kappa shape index (κ3) is 3.31. The molecule has 5 heteroatoms. The Balaban J connectivity index is 1.69. The molecule has 0 fully saturated rings. The van der Waals surface area contributed by atoms with E-state index in [1.807, 2.05) is 18.2 Å². The molecular formula is C16H13Cl2NO2. The zero-order valence-electron chi connectivity index (χ0n) is 11.2. The quantitative estimate of drug-likeness (QED) is 0.923. The van der Waals surface area contributed by atoms with E-state index in [-0.39, 0.29) is 5.91 Å². The Labute approximate surface area is 132 Å². The van der Waals surface area contributed by atoms with E-state index >= 15 is 0 Å². The summed E-state index contributed by atoms with van der Waals surface area (Å²) in [5.41, 5.74) is 2.68. The van der Waals surface area contributed by atoms with Gasteiger partial charge in [-0.25, -0.2) is 0 Å². The van der Waals surface area contributed by atoms with Crippen LogP contribution in [0.1, 0.15) is 11.1 Å². The molecule has 0 spiro atoms. The zero-order chi connectivity index (χ0) is 14.8. The van der Waals surface area contributed by atoms with E-state index in [1.165, 1.54) is 0 Å². The van der Waals surface area contributed by atoms with Gasteiger partial charge in [0.25, 0.3) is 0 Å². The van der Waals surface area contributed by atoms with Crippen molar-refractivity contribution in [1.82, 2.24) is 0 Å². The van der Waals surface area contributed by atoms with Crippen LogP contribution in [0.4, 0.5) is 5.69 Å². The first-order valence-corrected chi connectivity index (χ1v) is 7.37. The minimum Gasteiger partial charge on any atom is -0.493 e. The van der Waals surface area contributed by atoms with E-state index in [0.717, 1.165) is 23.3 Å². The van der Waals surface area contributed by atoms with Gasteiger partial charge in [0.05, 0.1) is 23.7 Å². The Morgan fingerprint density at radius 3 is 2.86 bits per heavy atom. The average molecular weight is 322 g/mol. The van der Waals surface area contributed by atoms with Crippen LogP contribution in [0, 0.1) is 0 Å². The summed E-state index contributed by atoms with van der Waals surface area (Å²) in [5, 5.41) is 3.76. The van der Waals surface area contributed by atoms with E-state index in [4.69, 9.17) is 27.9 Å². The van der Waals surface area contributed by atoms with Gasteiger partial charge in [0, 0.05) is 11.4 Å². The smallest absolute Gasteiger partial charge is 0.228 e. The predicted octanol–water partition coefficient (Wildman–Crippen LogP) is 4.11. The second-order valence-electron chi connectivity index (χ2n) is 4.89. The number of fused-ring (bicyclic) bond motifs is 1. The van der Waals surface area contributed by atoms with Crippen molar-refractivity contribution in [2.24, 2.45) is 0 Å². The molecule has 1 amide bonds. The van der Waals surface area contributed by atoms with E-state index < -0.39 is 0 Å². The van der Waals surface area contributed by atoms with Gasteiger partial charge in [-0.05, 0) is 35.4 Å². The van der Waals surface area contributed by atoms with Gasteiger partial charge in [0.2, 0.25) is 5.91 Å². The lowest BCUT2D eigenvalue weighted by Crippen LogP contribution is -2.14. The van der Waals surface area contributed by atoms with Gasteiger partial charge < -0.3 is 10.1 Å². The molecule has 0 saturated carbocycles. The number of ether oxygens (including phenoxy) is 1. The second kappa shape index (κ2) is 5.96. The molecule has 0 bridgehead atoms. The molecule has 108 valence electrons. The molecule has 0 unspecified atom stereocenters. The van der Waals surface area contributed by atoms with Crippen molar-refractivity contribution in [2.75, 3.05) is 11.9 Å². The number of rotatable bonds is 3. The SMILES string of the molecule is O=C(Cc1ccc2c(c1)CCO2)Nc1ccc(Cl)cc1Cl. The van der Waals surface area contributed by atoms with Gasteiger partial charge in [0.1, 0.15) is 5.75 Å². The Morgan fingerprint density at radius 1 is 1.19 bits per heavy atom. The molecule has 0 aromatic heterocycles. The summed E-state index contributed by atoms with van der Waals surface area (Å²) in [7, 11) is 0. The van der Waals surface area contributed by atoms with Crippen LogP contribution in [0.25, 0.3) is 0 Å². The van der Waals surface area contributed by atoms with Crippen LogP contribution in [0.2, 0.25) is 10.0 Å². The van der Waals surface area contributed by atoms with Crippen LogP contribution in [0.3, 0.4) is 0 Å². The van der Waals surface area contributed by atoms with Gasteiger partial charge in [-0.15, -0.1) is 0 Å². The van der Waals surface area contributed by atoms with Gasteiger partial charge >= 0.3 is 0 Å². The molecule has 0 aliphatic carbocycles. The summed E-state index contributed by atoms with van der Waals surface area (Å²) < 4.78 is 5.45. The largest absolute Gasteiger partial charge is 0.493 e. The van der Waals surface area contributed by atoms with Crippen LogP contribution in [0.5, 0.6) is 5.75 Å². The number of carbonyl (C=O) groups excluding carboxylic acids is 1. The first-order chi connectivity index (χ1) is 10.1. The number of nitrogens with one attached hydrogen (secondary N) is 1. The van der Waals surface area contributed by atoms with Crippen molar-refractivity contribution < 1.29 is 9.53 Å². The molecule has 3 nitrogen and oxygen atoms in total.